The lowest BCUT2D eigenvalue weighted by molar-refractivity contribution is 1.20. The smallest absolute Gasteiger partial charge is 0.0705 e. The van der Waals surface area contributed by atoms with Crippen molar-refractivity contribution in [3.63, 3.8) is 0 Å². The summed E-state index contributed by atoms with van der Waals surface area (Å²) in [6.45, 7) is 2.01. The molecule has 0 spiro atoms. The highest BCUT2D eigenvalue weighted by Crippen LogP contribution is 2.31. The van der Waals surface area contributed by atoms with E-state index in [4.69, 9.17) is 0 Å². The molecule has 3 nitrogen and oxygen atoms in total. The molecule has 3 heterocycles. The molecule has 0 amide bonds. The minimum Gasteiger partial charge on any atom is -0.264 e. The first-order valence-corrected chi connectivity index (χ1v) is 8.19. The van der Waals surface area contributed by atoms with Gasteiger partial charge in [0.25, 0.3) is 0 Å². The van der Waals surface area contributed by atoms with Gasteiger partial charge in [-0.05, 0) is 60.5 Å². The van der Waals surface area contributed by atoms with Gasteiger partial charge in [-0.1, -0.05) is 18.2 Å². The number of aromatic nitrogens is 3. The highest BCUT2D eigenvalue weighted by Gasteiger charge is 2.08. The molecular formula is C22H17N3. The Balaban J connectivity index is 1.92. The van der Waals surface area contributed by atoms with Gasteiger partial charge in [0.1, 0.15) is 0 Å². The monoisotopic (exact) mass is 323 g/mol. The lowest BCUT2D eigenvalue weighted by Gasteiger charge is -2.10. The quantitative estimate of drug-likeness (QED) is 0.521. The van der Waals surface area contributed by atoms with Crippen molar-refractivity contribution in [2.45, 2.75) is 6.92 Å². The molecule has 0 radical (unpaired) electrons. The van der Waals surface area contributed by atoms with Crippen molar-refractivity contribution in [3.8, 4) is 33.5 Å². The Morgan fingerprint density at radius 3 is 1.72 bits per heavy atom. The van der Waals surface area contributed by atoms with Crippen LogP contribution in [0.2, 0.25) is 0 Å². The van der Waals surface area contributed by atoms with E-state index in [0.717, 1.165) is 39.2 Å². The van der Waals surface area contributed by atoms with Crippen molar-refractivity contribution in [1.29, 1.82) is 0 Å². The second kappa shape index (κ2) is 6.65. The molecule has 0 aliphatic heterocycles. The second-order valence-corrected chi connectivity index (χ2v) is 5.95. The minimum absolute atomic E-state index is 0.968. The Bertz CT molecular complexity index is 938. The molecule has 4 aromatic rings. The summed E-state index contributed by atoms with van der Waals surface area (Å²) in [6, 6.07) is 20.7. The number of hydrogen-bond acceptors (Lipinski definition) is 3. The number of pyridine rings is 3. The predicted octanol–water partition coefficient (Wildman–Crippen LogP) is 5.18. The third kappa shape index (κ3) is 3.31. The maximum Gasteiger partial charge on any atom is 0.0705 e. The van der Waals surface area contributed by atoms with Gasteiger partial charge in [0.05, 0.1) is 5.69 Å². The van der Waals surface area contributed by atoms with Crippen LogP contribution in [-0.2, 0) is 0 Å². The molecule has 25 heavy (non-hydrogen) atoms. The molecule has 1 aromatic carbocycles. The molecule has 0 saturated heterocycles. The van der Waals surface area contributed by atoms with Gasteiger partial charge in [-0.15, -0.1) is 0 Å². The fraction of sp³-hybridized carbons (Fsp3) is 0.0455. The summed E-state index contributed by atoms with van der Waals surface area (Å²) in [5, 5.41) is 0. The van der Waals surface area contributed by atoms with Crippen LogP contribution in [0.15, 0.2) is 85.5 Å². The number of benzene rings is 1. The normalized spacial score (nSPS) is 10.6. The Kier molecular flexibility index (Phi) is 4.05. The van der Waals surface area contributed by atoms with Gasteiger partial charge in [0.15, 0.2) is 0 Å². The zero-order chi connectivity index (χ0) is 17.1. The van der Waals surface area contributed by atoms with Crippen molar-refractivity contribution in [1.82, 2.24) is 15.0 Å². The van der Waals surface area contributed by atoms with Crippen LogP contribution in [0.1, 0.15) is 5.69 Å². The Morgan fingerprint density at radius 2 is 1.20 bits per heavy atom. The van der Waals surface area contributed by atoms with Crippen molar-refractivity contribution in [2.24, 2.45) is 0 Å². The average molecular weight is 323 g/mol. The van der Waals surface area contributed by atoms with Crippen LogP contribution >= 0.6 is 0 Å². The van der Waals surface area contributed by atoms with Crippen LogP contribution in [0.5, 0.6) is 0 Å². The van der Waals surface area contributed by atoms with E-state index >= 15 is 0 Å². The van der Waals surface area contributed by atoms with Gasteiger partial charge in [0, 0.05) is 47.2 Å². The predicted molar refractivity (Wildman–Crippen MR) is 101 cm³/mol. The van der Waals surface area contributed by atoms with Gasteiger partial charge in [0.2, 0.25) is 0 Å². The van der Waals surface area contributed by atoms with E-state index in [2.05, 4.69) is 45.3 Å². The third-order valence-electron chi connectivity index (χ3n) is 4.11. The molecule has 3 aromatic heterocycles. The molecule has 4 rings (SSSR count). The number of nitrogens with zero attached hydrogens (tertiary/aromatic N) is 3. The molecule has 0 unspecified atom stereocenters. The summed E-state index contributed by atoms with van der Waals surface area (Å²) in [6.07, 6.45) is 7.35. The van der Waals surface area contributed by atoms with Crippen LogP contribution < -0.4 is 0 Å². The molecule has 0 N–H and O–H groups in total. The zero-order valence-corrected chi connectivity index (χ0v) is 13.9. The Labute approximate surface area is 147 Å². The molecule has 3 heteroatoms. The maximum atomic E-state index is 4.68. The van der Waals surface area contributed by atoms with Gasteiger partial charge in [-0.2, -0.15) is 0 Å². The molecule has 0 aliphatic rings. The van der Waals surface area contributed by atoms with Crippen LogP contribution in [0.4, 0.5) is 0 Å². The van der Waals surface area contributed by atoms with E-state index in [1.807, 2.05) is 49.6 Å². The van der Waals surface area contributed by atoms with Crippen molar-refractivity contribution >= 4 is 0 Å². The molecule has 0 bridgehead atoms. The summed E-state index contributed by atoms with van der Waals surface area (Å²) in [7, 11) is 0. The number of rotatable bonds is 3. The van der Waals surface area contributed by atoms with Gasteiger partial charge >= 0.3 is 0 Å². The largest absolute Gasteiger partial charge is 0.264 e. The summed E-state index contributed by atoms with van der Waals surface area (Å²) in [5.41, 5.74) is 7.47. The van der Waals surface area contributed by atoms with Crippen LogP contribution in [-0.4, -0.2) is 15.0 Å². The van der Waals surface area contributed by atoms with Gasteiger partial charge in [-0.25, -0.2) is 0 Å². The maximum absolute atomic E-state index is 4.68. The third-order valence-corrected chi connectivity index (χ3v) is 4.11. The van der Waals surface area contributed by atoms with Crippen molar-refractivity contribution in [2.75, 3.05) is 0 Å². The van der Waals surface area contributed by atoms with E-state index in [-0.39, 0.29) is 0 Å². The molecule has 120 valence electrons. The average Bonchev–Trinajstić information content (AvgIpc) is 2.69. The fourth-order valence-corrected chi connectivity index (χ4v) is 2.88. The van der Waals surface area contributed by atoms with E-state index in [9.17, 15) is 0 Å². The topological polar surface area (TPSA) is 38.7 Å². The van der Waals surface area contributed by atoms with Crippen LogP contribution in [0.3, 0.4) is 0 Å². The zero-order valence-electron chi connectivity index (χ0n) is 13.9. The van der Waals surface area contributed by atoms with Crippen LogP contribution in [0, 0.1) is 6.92 Å². The number of hydrogen-bond donors (Lipinski definition) is 0. The van der Waals surface area contributed by atoms with Crippen molar-refractivity contribution in [3.05, 3.63) is 91.1 Å². The van der Waals surface area contributed by atoms with E-state index in [1.54, 1.807) is 12.4 Å². The first-order valence-electron chi connectivity index (χ1n) is 8.19. The first-order chi connectivity index (χ1) is 12.3. The van der Waals surface area contributed by atoms with Crippen LogP contribution in [0.25, 0.3) is 33.5 Å². The SMILES string of the molecule is Cc1cccc(-c2cc(-c3cccnc3)cc(-c3cccnc3)c2)n1. The standard InChI is InChI=1S/C22H17N3/c1-16-5-2-8-22(25-16)21-12-19(17-6-3-9-23-14-17)11-20(13-21)18-7-4-10-24-15-18/h2-15H,1H3. The lowest BCUT2D eigenvalue weighted by Crippen LogP contribution is -1.90. The number of aryl methyl sites for hydroxylation is 1. The molecule has 0 saturated carbocycles. The lowest BCUT2D eigenvalue weighted by atomic mass is 9.96. The Hall–Kier alpha value is -3.33. The fourth-order valence-electron chi connectivity index (χ4n) is 2.88. The highest BCUT2D eigenvalue weighted by molar-refractivity contribution is 5.79. The van der Waals surface area contributed by atoms with Gasteiger partial charge < -0.3 is 0 Å². The second-order valence-electron chi connectivity index (χ2n) is 5.95. The van der Waals surface area contributed by atoms with Crippen molar-refractivity contribution < 1.29 is 0 Å². The molecular weight excluding hydrogens is 306 g/mol. The summed E-state index contributed by atoms with van der Waals surface area (Å²) >= 11 is 0. The summed E-state index contributed by atoms with van der Waals surface area (Å²) in [5.74, 6) is 0. The van der Waals surface area contributed by atoms with E-state index in [0.29, 0.717) is 0 Å². The minimum atomic E-state index is 0.968. The summed E-state index contributed by atoms with van der Waals surface area (Å²) < 4.78 is 0. The van der Waals surface area contributed by atoms with Gasteiger partial charge in [-0.3, -0.25) is 15.0 Å². The molecule has 0 fully saturated rings. The molecule has 0 atom stereocenters. The summed E-state index contributed by atoms with van der Waals surface area (Å²) in [4.78, 5) is 13.2. The van der Waals surface area contributed by atoms with E-state index < -0.39 is 0 Å². The first kappa shape index (κ1) is 15.2. The highest BCUT2D eigenvalue weighted by atomic mass is 14.7. The molecule has 0 aliphatic carbocycles. The van der Waals surface area contributed by atoms with E-state index in [1.165, 1.54) is 0 Å². The Morgan fingerprint density at radius 1 is 0.600 bits per heavy atom.